The number of rotatable bonds is 5. The van der Waals surface area contributed by atoms with Crippen molar-refractivity contribution in [3.05, 3.63) is 44.8 Å². The van der Waals surface area contributed by atoms with Crippen molar-refractivity contribution in [1.29, 1.82) is 0 Å². The summed E-state index contributed by atoms with van der Waals surface area (Å²) in [4.78, 5) is 29.0. The van der Waals surface area contributed by atoms with Crippen molar-refractivity contribution >= 4 is 46.3 Å². The van der Waals surface area contributed by atoms with E-state index >= 15 is 0 Å². The van der Waals surface area contributed by atoms with Crippen molar-refractivity contribution in [3.63, 3.8) is 0 Å². The number of thiophene rings is 1. The summed E-state index contributed by atoms with van der Waals surface area (Å²) in [6.07, 6.45) is 1.33. The second kappa shape index (κ2) is 8.31. The van der Waals surface area contributed by atoms with Gasteiger partial charge in [-0.3, -0.25) is 9.69 Å². The van der Waals surface area contributed by atoms with Gasteiger partial charge in [0.05, 0.1) is 10.0 Å². The molecule has 3 aliphatic heterocycles. The largest absolute Gasteiger partial charge is 0.785 e. The number of ether oxygens (including phenoxy) is 2. The lowest BCUT2D eigenvalue weighted by atomic mass is 10.1. The Balaban J connectivity index is 1.31. The summed E-state index contributed by atoms with van der Waals surface area (Å²) >= 11 is 7.28. The summed E-state index contributed by atoms with van der Waals surface area (Å²) in [5.74, 6) is 0.639. The van der Waals surface area contributed by atoms with E-state index in [0.717, 1.165) is 28.5 Å². The van der Waals surface area contributed by atoms with E-state index in [4.69, 9.17) is 21.1 Å². The number of hydroxylamine groups is 2. The monoisotopic (exact) mass is 462 g/mol. The Morgan fingerprint density at radius 1 is 1.23 bits per heavy atom. The lowest BCUT2D eigenvalue weighted by Gasteiger charge is -2.35. The van der Waals surface area contributed by atoms with Gasteiger partial charge in [-0.15, -0.1) is 11.3 Å². The van der Waals surface area contributed by atoms with E-state index < -0.39 is 12.2 Å². The predicted octanol–water partition coefficient (Wildman–Crippen LogP) is 4.00. The van der Waals surface area contributed by atoms with Crippen molar-refractivity contribution in [2.24, 2.45) is 0 Å². The van der Waals surface area contributed by atoms with E-state index in [1.807, 2.05) is 12.1 Å². The van der Waals surface area contributed by atoms with Crippen molar-refractivity contribution in [1.82, 2.24) is 5.06 Å². The highest BCUT2D eigenvalue weighted by Gasteiger charge is 2.46. The molecule has 2 fully saturated rings. The fourth-order valence-corrected chi connectivity index (χ4v) is 5.39. The fourth-order valence-electron chi connectivity index (χ4n) is 4.30. The fraction of sp³-hybridized carbons (Fsp3) is 0.429. The third-order valence-electron chi connectivity index (χ3n) is 5.80. The topological polar surface area (TPSA) is 85.4 Å². The lowest BCUT2D eigenvalue weighted by molar-refractivity contribution is -0.119. The summed E-state index contributed by atoms with van der Waals surface area (Å²) in [5.41, 5.74) is 1.37. The second-order valence-electron chi connectivity index (χ2n) is 7.85. The molecule has 2 saturated heterocycles. The van der Waals surface area contributed by atoms with Crippen molar-refractivity contribution in [2.75, 3.05) is 29.5 Å². The molecule has 3 aliphatic rings. The molecule has 0 N–H and O–H groups in total. The number of fused-ring (bicyclic) bond motifs is 3. The van der Waals surface area contributed by atoms with Crippen LogP contribution in [0.2, 0.25) is 4.34 Å². The third kappa shape index (κ3) is 3.98. The van der Waals surface area contributed by atoms with Crippen LogP contribution in [0.4, 0.5) is 16.2 Å². The predicted molar refractivity (Wildman–Crippen MR) is 118 cm³/mol. The van der Waals surface area contributed by atoms with Gasteiger partial charge in [0.25, 0.3) is 0 Å². The number of amides is 2. The molecule has 31 heavy (non-hydrogen) atoms. The number of piperidine rings is 1. The summed E-state index contributed by atoms with van der Waals surface area (Å²) in [5, 5.41) is 13.3. The standard InChI is InChI=1S/C21H21ClN3O5S/c22-19-7-5-14(31-19)10-23(28)11-18-16-12-29-17-9-13(24-8-2-1-3-20(24)26)4-6-15(17)25(16)21(27)30-18/h4-7,9,16,18H,1-3,8,10-12H2/q-1/t16-,18-/m0/s1. The minimum atomic E-state index is -0.600. The van der Waals surface area contributed by atoms with E-state index in [1.54, 1.807) is 28.0 Å². The zero-order valence-corrected chi connectivity index (χ0v) is 18.2. The summed E-state index contributed by atoms with van der Waals surface area (Å²) < 4.78 is 12.1. The van der Waals surface area contributed by atoms with E-state index in [1.165, 1.54) is 11.3 Å². The Kier molecular flexibility index (Phi) is 5.51. The van der Waals surface area contributed by atoms with Crippen LogP contribution < -0.4 is 14.5 Å². The molecule has 1 aromatic heterocycles. The van der Waals surface area contributed by atoms with Gasteiger partial charge in [0.1, 0.15) is 24.5 Å². The van der Waals surface area contributed by atoms with E-state index in [0.29, 0.717) is 28.7 Å². The molecule has 1 aromatic carbocycles. The van der Waals surface area contributed by atoms with Gasteiger partial charge in [0, 0.05) is 42.7 Å². The Bertz CT molecular complexity index is 1010. The van der Waals surface area contributed by atoms with Gasteiger partial charge in [-0.05, 0) is 37.1 Å². The zero-order valence-electron chi connectivity index (χ0n) is 16.7. The van der Waals surface area contributed by atoms with Crippen LogP contribution in [0.25, 0.3) is 0 Å². The molecular weight excluding hydrogens is 442 g/mol. The number of hydrogen-bond donors (Lipinski definition) is 0. The summed E-state index contributed by atoms with van der Waals surface area (Å²) in [7, 11) is 0. The highest BCUT2D eigenvalue weighted by Crippen LogP contribution is 2.41. The molecule has 2 atom stereocenters. The van der Waals surface area contributed by atoms with Crippen molar-refractivity contribution < 1.29 is 19.1 Å². The number of anilines is 2. The second-order valence-corrected chi connectivity index (χ2v) is 9.65. The van der Waals surface area contributed by atoms with Crippen LogP contribution in [0.3, 0.4) is 0 Å². The highest BCUT2D eigenvalue weighted by atomic mass is 35.5. The Morgan fingerprint density at radius 2 is 2.10 bits per heavy atom. The molecular formula is C21H21ClN3O5S-. The molecule has 4 heterocycles. The van der Waals surface area contributed by atoms with E-state index in [9.17, 15) is 14.8 Å². The average molecular weight is 463 g/mol. The quantitative estimate of drug-likeness (QED) is 0.624. The van der Waals surface area contributed by atoms with Crippen molar-refractivity contribution in [2.45, 2.75) is 38.0 Å². The number of cyclic esters (lactones) is 1. The molecule has 0 unspecified atom stereocenters. The lowest BCUT2D eigenvalue weighted by Crippen LogP contribution is -2.47. The van der Waals surface area contributed by atoms with Crippen LogP contribution in [0.15, 0.2) is 30.3 Å². The van der Waals surface area contributed by atoms with Gasteiger partial charge in [-0.2, -0.15) is 0 Å². The van der Waals surface area contributed by atoms with Gasteiger partial charge < -0.3 is 24.6 Å². The number of nitrogens with zero attached hydrogens (tertiary/aromatic N) is 3. The first kappa shape index (κ1) is 20.6. The maximum atomic E-state index is 12.6. The Hall–Kier alpha value is -2.33. The first-order valence-corrected chi connectivity index (χ1v) is 11.4. The SMILES string of the molecule is O=C1CCCCN1c1ccc2c(c1)OC[C@H]1[C@H](CN([O-])Cc3ccc(Cl)s3)OC(=O)N21. The molecule has 0 saturated carbocycles. The number of halogens is 1. The van der Waals surface area contributed by atoms with Crippen LogP contribution in [-0.4, -0.2) is 48.9 Å². The van der Waals surface area contributed by atoms with Gasteiger partial charge in [-0.1, -0.05) is 11.6 Å². The Labute approximate surface area is 188 Å². The molecule has 5 rings (SSSR count). The van der Waals surface area contributed by atoms with Crippen LogP contribution >= 0.6 is 22.9 Å². The molecule has 0 aliphatic carbocycles. The smallest absolute Gasteiger partial charge is 0.415 e. The molecule has 0 radical (unpaired) electrons. The minimum absolute atomic E-state index is 0.0431. The van der Waals surface area contributed by atoms with Gasteiger partial charge in [-0.25, -0.2) is 4.79 Å². The first-order chi connectivity index (χ1) is 15.0. The number of carbonyl (C=O) groups excluding carboxylic acids is 2. The highest BCUT2D eigenvalue weighted by molar-refractivity contribution is 7.16. The van der Waals surface area contributed by atoms with E-state index in [2.05, 4.69) is 0 Å². The summed E-state index contributed by atoms with van der Waals surface area (Å²) in [6.45, 7) is 1.13. The first-order valence-electron chi connectivity index (χ1n) is 10.2. The molecule has 8 nitrogen and oxygen atoms in total. The molecule has 10 heteroatoms. The third-order valence-corrected chi connectivity index (χ3v) is 7.02. The summed E-state index contributed by atoms with van der Waals surface area (Å²) in [6, 6.07) is 8.60. The maximum absolute atomic E-state index is 12.6. The van der Waals surface area contributed by atoms with E-state index in [-0.39, 0.29) is 31.6 Å². The van der Waals surface area contributed by atoms with Crippen LogP contribution in [-0.2, 0) is 16.1 Å². The number of carbonyl (C=O) groups is 2. The molecule has 164 valence electrons. The maximum Gasteiger partial charge on any atom is 0.415 e. The average Bonchev–Trinajstić information content (AvgIpc) is 3.30. The van der Waals surface area contributed by atoms with Crippen LogP contribution in [0, 0.1) is 5.21 Å². The molecule has 2 aromatic rings. The van der Waals surface area contributed by atoms with Crippen LogP contribution in [0.5, 0.6) is 5.75 Å². The zero-order chi connectivity index (χ0) is 21.5. The Morgan fingerprint density at radius 3 is 2.87 bits per heavy atom. The van der Waals surface area contributed by atoms with Crippen LogP contribution in [0.1, 0.15) is 24.1 Å². The number of benzene rings is 1. The number of hydrogen-bond acceptors (Lipinski definition) is 7. The van der Waals surface area contributed by atoms with Crippen molar-refractivity contribution in [3.8, 4) is 5.75 Å². The van der Waals surface area contributed by atoms with Gasteiger partial charge in [0.15, 0.2) is 0 Å². The molecule has 0 bridgehead atoms. The normalized spacial score (nSPS) is 22.9. The minimum Gasteiger partial charge on any atom is -0.785 e. The molecule has 0 spiro atoms. The molecule has 2 amide bonds. The van der Waals surface area contributed by atoms with Gasteiger partial charge >= 0.3 is 6.09 Å². The van der Waals surface area contributed by atoms with Gasteiger partial charge in [0.2, 0.25) is 5.91 Å².